The van der Waals surface area contributed by atoms with Crippen LogP contribution in [0.5, 0.6) is 11.6 Å². The van der Waals surface area contributed by atoms with Crippen LogP contribution in [0.3, 0.4) is 0 Å². The summed E-state index contributed by atoms with van der Waals surface area (Å²) in [5.74, 6) is 0.814. The third-order valence-corrected chi connectivity index (χ3v) is 5.97. The van der Waals surface area contributed by atoms with Crippen LogP contribution in [0.4, 0.5) is 4.39 Å². The number of rotatable bonds is 10. The van der Waals surface area contributed by atoms with Crippen LogP contribution in [0.15, 0.2) is 54.6 Å². The molecule has 0 amide bonds. The van der Waals surface area contributed by atoms with Gasteiger partial charge in [0, 0.05) is 26.2 Å². The Morgan fingerprint density at radius 1 is 1.21 bits per heavy atom. The van der Waals surface area contributed by atoms with Crippen LogP contribution in [0.2, 0.25) is 0 Å². The van der Waals surface area contributed by atoms with E-state index in [4.69, 9.17) is 14.6 Å². The van der Waals surface area contributed by atoms with Crippen molar-refractivity contribution in [2.45, 2.75) is 51.9 Å². The van der Waals surface area contributed by atoms with Crippen molar-refractivity contribution in [1.82, 2.24) is 14.7 Å². The zero-order chi connectivity index (χ0) is 23.2. The van der Waals surface area contributed by atoms with Crippen molar-refractivity contribution in [3.63, 3.8) is 0 Å². The molecule has 33 heavy (non-hydrogen) atoms. The van der Waals surface area contributed by atoms with Crippen molar-refractivity contribution in [3.8, 4) is 17.3 Å². The van der Waals surface area contributed by atoms with Crippen molar-refractivity contribution in [2.75, 3.05) is 19.7 Å². The monoisotopic (exact) mass is 453 g/mol. The van der Waals surface area contributed by atoms with Gasteiger partial charge in [-0.3, -0.25) is 4.90 Å². The molecule has 4 rings (SSSR count). The smallest absolute Gasteiger partial charge is 0.227 e. The minimum atomic E-state index is -0.419. The van der Waals surface area contributed by atoms with Crippen molar-refractivity contribution >= 4 is 0 Å². The lowest BCUT2D eigenvalue weighted by Gasteiger charge is -2.27. The topological polar surface area (TPSA) is 59.8 Å². The number of hydrogen-bond acceptors (Lipinski definition) is 5. The van der Waals surface area contributed by atoms with Crippen molar-refractivity contribution < 1.29 is 19.0 Å². The predicted molar refractivity (Wildman–Crippen MR) is 125 cm³/mol. The number of hydrogen-bond donors (Lipinski definition) is 1. The zero-order valence-electron chi connectivity index (χ0n) is 19.3. The third kappa shape index (κ3) is 5.99. The SMILES string of the molecule is CC[C@@H](O)CN(Cc1c(C)nn(-c2ccccc2)c1Oc1ccc(F)cc1)C[C@H]1CCCO1. The molecule has 0 radical (unpaired) electrons. The van der Waals surface area contributed by atoms with Crippen LogP contribution >= 0.6 is 0 Å². The van der Waals surface area contributed by atoms with E-state index in [9.17, 15) is 9.50 Å². The maximum atomic E-state index is 13.5. The molecule has 1 aliphatic rings. The Morgan fingerprint density at radius 2 is 1.97 bits per heavy atom. The molecular formula is C26H32FN3O3. The van der Waals surface area contributed by atoms with Crippen LogP contribution < -0.4 is 4.74 Å². The fraction of sp³-hybridized carbons (Fsp3) is 0.423. The van der Waals surface area contributed by atoms with Crippen LogP contribution in [0, 0.1) is 12.7 Å². The Morgan fingerprint density at radius 3 is 2.64 bits per heavy atom. The van der Waals surface area contributed by atoms with Gasteiger partial charge in [-0.2, -0.15) is 5.10 Å². The Kier molecular flexibility index (Phi) is 7.75. The van der Waals surface area contributed by atoms with Gasteiger partial charge in [-0.25, -0.2) is 9.07 Å². The molecule has 1 N–H and O–H groups in total. The van der Waals surface area contributed by atoms with Crippen LogP contribution in [-0.4, -0.2) is 51.7 Å². The maximum Gasteiger partial charge on any atom is 0.227 e. The van der Waals surface area contributed by atoms with Crippen molar-refractivity contribution in [2.24, 2.45) is 0 Å². The molecule has 2 atom stereocenters. The summed E-state index contributed by atoms with van der Waals surface area (Å²) in [6.07, 6.45) is 2.53. The van der Waals surface area contributed by atoms with Gasteiger partial charge in [0.05, 0.1) is 29.2 Å². The van der Waals surface area contributed by atoms with Gasteiger partial charge in [-0.15, -0.1) is 0 Å². The van der Waals surface area contributed by atoms with Gasteiger partial charge < -0.3 is 14.6 Å². The normalized spacial score (nSPS) is 16.9. The Labute approximate surface area is 194 Å². The molecule has 1 fully saturated rings. The lowest BCUT2D eigenvalue weighted by Crippen LogP contribution is -2.37. The summed E-state index contributed by atoms with van der Waals surface area (Å²) in [7, 11) is 0. The van der Waals surface area contributed by atoms with Crippen molar-refractivity contribution in [3.05, 3.63) is 71.7 Å². The lowest BCUT2D eigenvalue weighted by molar-refractivity contribution is 0.0451. The first-order chi connectivity index (χ1) is 16.0. The lowest BCUT2D eigenvalue weighted by atomic mass is 10.1. The summed E-state index contributed by atoms with van der Waals surface area (Å²) >= 11 is 0. The van der Waals surface area contributed by atoms with E-state index >= 15 is 0 Å². The van der Waals surface area contributed by atoms with Gasteiger partial charge in [-0.05, 0) is 62.6 Å². The average molecular weight is 454 g/mol. The molecule has 0 unspecified atom stereocenters. The number of ether oxygens (including phenoxy) is 2. The highest BCUT2D eigenvalue weighted by atomic mass is 19.1. The van der Waals surface area contributed by atoms with E-state index < -0.39 is 6.10 Å². The summed E-state index contributed by atoms with van der Waals surface area (Å²) in [4.78, 5) is 2.22. The van der Waals surface area contributed by atoms with Gasteiger partial charge in [0.2, 0.25) is 5.88 Å². The fourth-order valence-corrected chi connectivity index (χ4v) is 4.11. The second kappa shape index (κ2) is 10.9. The molecule has 0 aliphatic carbocycles. The minimum absolute atomic E-state index is 0.167. The molecule has 2 heterocycles. The highest BCUT2D eigenvalue weighted by Gasteiger charge is 2.25. The number of halogens is 1. The van der Waals surface area contributed by atoms with Gasteiger partial charge in [0.15, 0.2) is 0 Å². The van der Waals surface area contributed by atoms with E-state index in [0.29, 0.717) is 31.1 Å². The largest absolute Gasteiger partial charge is 0.439 e. The number of aliphatic hydroxyl groups excluding tert-OH is 1. The molecule has 176 valence electrons. The summed E-state index contributed by atoms with van der Waals surface area (Å²) in [6, 6.07) is 15.8. The van der Waals surface area contributed by atoms with E-state index in [2.05, 4.69) is 4.90 Å². The van der Waals surface area contributed by atoms with Gasteiger partial charge in [-0.1, -0.05) is 25.1 Å². The van der Waals surface area contributed by atoms with E-state index in [-0.39, 0.29) is 11.9 Å². The quantitative estimate of drug-likeness (QED) is 0.475. The molecule has 1 aromatic heterocycles. The first kappa shape index (κ1) is 23.4. The van der Waals surface area contributed by atoms with Crippen LogP contribution in [0.1, 0.15) is 37.4 Å². The fourth-order valence-electron chi connectivity index (χ4n) is 4.11. The van der Waals surface area contributed by atoms with E-state index in [1.807, 2.05) is 44.2 Å². The Hall–Kier alpha value is -2.74. The molecule has 1 aliphatic heterocycles. The molecule has 6 nitrogen and oxygen atoms in total. The Balaban J connectivity index is 1.68. The number of nitrogens with zero attached hydrogens (tertiary/aromatic N) is 3. The molecular weight excluding hydrogens is 421 g/mol. The summed E-state index contributed by atoms with van der Waals surface area (Å²) in [5.41, 5.74) is 2.66. The number of aromatic nitrogens is 2. The minimum Gasteiger partial charge on any atom is -0.439 e. The van der Waals surface area contributed by atoms with Crippen LogP contribution in [-0.2, 0) is 11.3 Å². The molecule has 2 aromatic carbocycles. The zero-order valence-corrected chi connectivity index (χ0v) is 19.3. The number of para-hydroxylation sites is 1. The first-order valence-electron chi connectivity index (χ1n) is 11.6. The highest BCUT2D eigenvalue weighted by molar-refractivity contribution is 5.43. The van der Waals surface area contributed by atoms with E-state index in [1.54, 1.807) is 16.8 Å². The van der Waals surface area contributed by atoms with Gasteiger partial charge in [0.25, 0.3) is 0 Å². The summed E-state index contributed by atoms with van der Waals surface area (Å²) in [5, 5.41) is 15.2. The number of aryl methyl sites for hydroxylation is 1. The van der Waals surface area contributed by atoms with Crippen LogP contribution in [0.25, 0.3) is 5.69 Å². The van der Waals surface area contributed by atoms with E-state index in [0.717, 1.165) is 42.9 Å². The van der Waals surface area contributed by atoms with Gasteiger partial charge >= 0.3 is 0 Å². The molecule has 0 bridgehead atoms. The first-order valence-corrected chi connectivity index (χ1v) is 11.6. The number of aliphatic hydroxyl groups is 1. The molecule has 3 aromatic rings. The standard InChI is InChI=1S/C26H32FN3O3/c1-3-22(31)16-29(17-24-10-7-15-32-24)18-25-19(2)28-30(21-8-5-4-6-9-21)26(25)33-23-13-11-20(27)12-14-23/h4-6,8-9,11-14,22,24,31H,3,7,10,15-18H2,1-2H3/t22-,24-/m1/s1. The number of benzene rings is 2. The molecule has 0 saturated carbocycles. The predicted octanol–water partition coefficient (Wildman–Crippen LogP) is 4.86. The Bertz CT molecular complexity index is 1020. The van der Waals surface area contributed by atoms with E-state index in [1.165, 1.54) is 12.1 Å². The summed E-state index contributed by atoms with van der Waals surface area (Å²) < 4.78 is 27.4. The maximum absolute atomic E-state index is 13.5. The van der Waals surface area contributed by atoms with Crippen molar-refractivity contribution in [1.29, 1.82) is 0 Å². The second-order valence-corrected chi connectivity index (χ2v) is 8.56. The highest BCUT2D eigenvalue weighted by Crippen LogP contribution is 2.32. The molecule has 7 heteroatoms. The average Bonchev–Trinajstić information content (AvgIpc) is 3.44. The summed E-state index contributed by atoms with van der Waals surface area (Å²) in [6.45, 7) is 6.58. The third-order valence-electron chi connectivity index (χ3n) is 5.97. The second-order valence-electron chi connectivity index (χ2n) is 8.56. The molecule has 0 spiro atoms. The molecule has 1 saturated heterocycles. The van der Waals surface area contributed by atoms with Gasteiger partial charge in [0.1, 0.15) is 11.6 Å².